The van der Waals surface area contributed by atoms with Crippen molar-refractivity contribution < 1.29 is 9.59 Å². The third-order valence-corrected chi connectivity index (χ3v) is 5.08. The molecule has 1 N–H and O–H groups in total. The van der Waals surface area contributed by atoms with E-state index in [4.69, 9.17) is 0 Å². The fourth-order valence-electron chi connectivity index (χ4n) is 2.77. The van der Waals surface area contributed by atoms with Gasteiger partial charge in [0.15, 0.2) is 5.13 Å². The van der Waals surface area contributed by atoms with Crippen LogP contribution in [0.1, 0.15) is 16.0 Å². The van der Waals surface area contributed by atoms with E-state index in [2.05, 4.69) is 35.4 Å². The van der Waals surface area contributed by atoms with E-state index in [9.17, 15) is 9.59 Å². The van der Waals surface area contributed by atoms with Gasteiger partial charge in [0.2, 0.25) is 11.8 Å². The maximum absolute atomic E-state index is 12.2. The molecule has 1 aliphatic heterocycles. The van der Waals surface area contributed by atoms with Crippen LogP contribution in [0, 0.1) is 6.92 Å². The summed E-state index contributed by atoms with van der Waals surface area (Å²) in [6, 6.07) is 8.37. The Morgan fingerprint density at radius 2 is 2.20 bits per heavy atom. The second-order valence-corrected chi connectivity index (χ2v) is 7.49. The highest BCUT2D eigenvalue weighted by Gasteiger charge is 2.22. The van der Waals surface area contributed by atoms with Crippen molar-refractivity contribution >= 4 is 28.3 Å². The van der Waals surface area contributed by atoms with Gasteiger partial charge in [-0.2, -0.15) is 0 Å². The molecule has 1 aromatic heterocycles. The third kappa shape index (κ3) is 4.87. The number of thiazole rings is 1. The van der Waals surface area contributed by atoms with E-state index in [1.54, 1.807) is 11.9 Å². The van der Waals surface area contributed by atoms with Crippen molar-refractivity contribution in [3.8, 4) is 0 Å². The van der Waals surface area contributed by atoms with Gasteiger partial charge in [-0.25, -0.2) is 4.98 Å². The minimum absolute atomic E-state index is 0.0498. The van der Waals surface area contributed by atoms with Crippen molar-refractivity contribution in [3.05, 3.63) is 46.5 Å². The Morgan fingerprint density at radius 1 is 1.36 bits per heavy atom. The summed E-state index contributed by atoms with van der Waals surface area (Å²) < 4.78 is 0. The molecule has 0 saturated carbocycles. The number of aromatic nitrogens is 1. The molecule has 0 radical (unpaired) electrons. The lowest BCUT2D eigenvalue weighted by Gasteiger charge is -2.31. The van der Waals surface area contributed by atoms with Crippen molar-refractivity contribution in [1.82, 2.24) is 14.8 Å². The first-order valence-electron chi connectivity index (χ1n) is 8.26. The summed E-state index contributed by atoms with van der Waals surface area (Å²) in [6.45, 7) is 3.95. The molecule has 7 heteroatoms. The summed E-state index contributed by atoms with van der Waals surface area (Å²) in [5, 5.41) is 3.44. The normalized spacial score (nSPS) is 15.4. The van der Waals surface area contributed by atoms with Crippen molar-refractivity contribution in [2.75, 3.05) is 38.5 Å². The van der Waals surface area contributed by atoms with Gasteiger partial charge in [-0.05, 0) is 12.5 Å². The monoisotopic (exact) mass is 358 g/mol. The Kier molecular flexibility index (Phi) is 5.45. The van der Waals surface area contributed by atoms with Crippen molar-refractivity contribution in [2.24, 2.45) is 0 Å². The van der Waals surface area contributed by atoms with Crippen LogP contribution >= 0.6 is 11.3 Å². The summed E-state index contributed by atoms with van der Waals surface area (Å²) in [4.78, 5) is 32.8. The van der Waals surface area contributed by atoms with Gasteiger partial charge in [-0.15, -0.1) is 11.3 Å². The number of benzene rings is 1. The van der Waals surface area contributed by atoms with Crippen LogP contribution in [0.3, 0.4) is 0 Å². The average Bonchev–Trinajstić information content (AvgIpc) is 2.98. The molecule has 0 bridgehead atoms. The molecule has 1 aliphatic rings. The second kappa shape index (κ2) is 7.76. The predicted molar refractivity (Wildman–Crippen MR) is 98.8 cm³/mol. The largest absolute Gasteiger partial charge is 0.343 e. The van der Waals surface area contributed by atoms with Gasteiger partial charge in [0.25, 0.3) is 0 Å². The molecule has 0 spiro atoms. The van der Waals surface area contributed by atoms with Gasteiger partial charge < -0.3 is 10.2 Å². The Morgan fingerprint density at radius 3 is 2.96 bits per heavy atom. The number of amides is 2. The smallest absolute Gasteiger partial charge is 0.240 e. The Hall–Kier alpha value is -2.25. The number of aryl methyl sites for hydroxylation is 1. The highest BCUT2D eigenvalue weighted by Crippen LogP contribution is 2.21. The van der Waals surface area contributed by atoms with Crippen molar-refractivity contribution in [2.45, 2.75) is 13.3 Å². The quantitative estimate of drug-likeness (QED) is 0.884. The van der Waals surface area contributed by atoms with E-state index in [1.165, 1.54) is 22.5 Å². The number of likely N-dealkylation sites (N-methyl/N-ethyl adjacent to an activating group) is 1. The first-order valence-corrected chi connectivity index (χ1v) is 9.07. The molecule has 0 aliphatic carbocycles. The van der Waals surface area contributed by atoms with E-state index in [1.807, 2.05) is 17.2 Å². The predicted octanol–water partition coefficient (Wildman–Crippen LogP) is 1.75. The van der Waals surface area contributed by atoms with Gasteiger partial charge in [-0.3, -0.25) is 14.5 Å². The molecule has 0 atom stereocenters. The molecule has 1 saturated heterocycles. The SMILES string of the molecule is Cc1cccc(Cc2cnc(NC(=O)CN3CCN(C)C(=O)C3)s2)c1. The number of hydrogen-bond donors (Lipinski definition) is 1. The number of rotatable bonds is 5. The first-order chi connectivity index (χ1) is 12.0. The summed E-state index contributed by atoms with van der Waals surface area (Å²) >= 11 is 1.49. The molecular formula is C18H22N4O2S. The molecular weight excluding hydrogens is 336 g/mol. The zero-order valence-electron chi connectivity index (χ0n) is 14.5. The molecule has 6 nitrogen and oxygen atoms in total. The van der Waals surface area contributed by atoms with Crippen molar-refractivity contribution in [1.29, 1.82) is 0 Å². The summed E-state index contributed by atoms with van der Waals surface area (Å²) in [6.07, 6.45) is 2.62. The molecule has 1 aromatic carbocycles. The lowest BCUT2D eigenvalue weighted by Crippen LogP contribution is -2.50. The minimum Gasteiger partial charge on any atom is -0.343 e. The average molecular weight is 358 g/mol. The summed E-state index contributed by atoms with van der Waals surface area (Å²) in [5.74, 6) is -0.0810. The fourth-order valence-corrected chi connectivity index (χ4v) is 3.64. The lowest BCUT2D eigenvalue weighted by molar-refractivity contribution is -0.135. The number of hydrogen-bond acceptors (Lipinski definition) is 5. The van der Waals surface area contributed by atoms with Crippen LogP contribution in [0.2, 0.25) is 0 Å². The maximum Gasteiger partial charge on any atom is 0.240 e. The number of piperazine rings is 1. The Bertz CT molecular complexity index is 774. The lowest BCUT2D eigenvalue weighted by atomic mass is 10.1. The Labute approximate surface area is 151 Å². The van der Waals surface area contributed by atoms with Gasteiger partial charge in [0.05, 0.1) is 13.1 Å². The van der Waals surface area contributed by atoms with Crippen LogP contribution < -0.4 is 5.32 Å². The molecule has 2 heterocycles. The topological polar surface area (TPSA) is 65.5 Å². The molecule has 3 rings (SSSR count). The maximum atomic E-state index is 12.2. The molecule has 25 heavy (non-hydrogen) atoms. The molecule has 0 unspecified atom stereocenters. The number of nitrogens with one attached hydrogen (secondary N) is 1. The number of carbonyl (C=O) groups excluding carboxylic acids is 2. The Balaban J connectivity index is 1.52. The van der Waals surface area contributed by atoms with E-state index in [0.717, 1.165) is 11.3 Å². The number of anilines is 1. The van der Waals surface area contributed by atoms with E-state index < -0.39 is 0 Å². The van der Waals surface area contributed by atoms with Gasteiger partial charge in [0, 0.05) is 37.6 Å². The second-order valence-electron chi connectivity index (χ2n) is 6.37. The fraction of sp³-hybridized carbons (Fsp3) is 0.389. The highest BCUT2D eigenvalue weighted by atomic mass is 32.1. The molecule has 2 aromatic rings. The molecule has 132 valence electrons. The van der Waals surface area contributed by atoms with Crippen LogP contribution in [0.4, 0.5) is 5.13 Å². The number of nitrogens with zero attached hydrogens (tertiary/aromatic N) is 3. The van der Waals surface area contributed by atoms with E-state index in [0.29, 0.717) is 24.8 Å². The summed E-state index contributed by atoms with van der Waals surface area (Å²) in [5.41, 5.74) is 2.47. The van der Waals surface area contributed by atoms with Crippen LogP contribution in [-0.4, -0.2) is 59.8 Å². The summed E-state index contributed by atoms with van der Waals surface area (Å²) in [7, 11) is 1.78. The van der Waals surface area contributed by atoms with Crippen LogP contribution in [0.25, 0.3) is 0 Å². The molecule has 2 amide bonds. The third-order valence-electron chi connectivity index (χ3n) is 4.16. The van der Waals surface area contributed by atoms with Crippen LogP contribution in [0.15, 0.2) is 30.5 Å². The zero-order chi connectivity index (χ0) is 17.8. The van der Waals surface area contributed by atoms with Gasteiger partial charge in [0.1, 0.15) is 0 Å². The highest BCUT2D eigenvalue weighted by molar-refractivity contribution is 7.15. The van der Waals surface area contributed by atoms with Crippen molar-refractivity contribution in [3.63, 3.8) is 0 Å². The minimum atomic E-state index is -0.131. The zero-order valence-corrected chi connectivity index (χ0v) is 15.3. The first kappa shape index (κ1) is 17.6. The van der Waals surface area contributed by atoms with Gasteiger partial charge in [-0.1, -0.05) is 29.8 Å². The van der Waals surface area contributed by atoms with Crippen LogP contribution in [0.5, 0.6) is 0 Å². The van der Waals surface area contributed by atoms with Gasteiger partial charge >= 0.3 is 0 Å². The molecule has 1 fully saturated rings. The van der Waals surface area contributed by atoms with E-state index >= 15 is 0 Å². The standard InChI is InChI=1S/C18H22N4O2S/c1-13-4-3-5-14(8-13)9-15-10-19-18(25-15)20-16(23)11-22-7-6-21(2)17(24)12-22/h3-5,8,10H,6-7,9,11-12H2,1-2H3,(H,19,20,23). The van der Waals surface area contributed by atoms with Crippen LogP contribution in [-0.2, 0) is 16.0 Å². The number of carbonyl (C=O) groups is 2. The van der Waals surface area contributed by atoms with E-state index in [-0.39, 0.29) is 18.4 Å².